The standard InChI is InChI=1S/C35H36F4N6O5/c1-20(40)31-30(43-33(50-31)23-4-7-27(49-35(38)39)28(16-23)48-19-22-2-3-22)32(46)42-29(25-6-5-24(36)17-26(25)37)34(47)45-14-12-44(13-15-45)18-21-8-10-41-11-9-21/h4-11,16-17,20,22,29,35H,2-3,12-15,18-19,40H2,1H3,(H,42,46)/t20-,29?/m0/s1. The topological polar surface area (TPSA) is 136 Å². The molecule has 1 aliphatic carbocycles. The number of nitrogens with zero attached hydrogens (tertiary/aromatic N) is 4. The van der Waals surface area contributed by atoms with Crippen molar-refractivity contribution in [3.05, 3.63) is 95.1 Å². The first kappa shape index (κ1) is 34.8. The summed E-state index contributed by atoms with van der Waals surface area (Å²) in [6, 6.07) is 8.28. The average Bonchev–Trinajstić information content (AvgIpc) is 3.81. The molecule has 1 saturated heterocycles. The molecule has 0 spiro atoms. The van der Waals surface area contributed by atoms with Crippen LogP contribution in [0.5, 0.6) is 11.5 Å². The number of nitrogens with two attached hydrogens (primary N) is 1. The van der Waals surface area contributed by atoms with Gasteiger partial charge in [0.2, 0.25) is 11.8 Å². The number of benzene rings is 2. The first-order valence-corrected chi connectivity index (χ1v) is 16.2. The van der Waals surface area contributed by atoms with E-state index in [1.165, 1.54) is 23.1 Å². The van der Waals surface area contributed by atoms with Gasteiger partial charge in [0, 0.05) is 62.3 Å². The fourth-order valence-corrected chi connectivity index (χ4v) is 5.63. The molecule has 6 rings (SSSR count). The van der Waals surface area contributed by atoms with Gasteiger partial charge in [-0.3, -0.25) is 19.5 Å². The number of ether oxygens (including phenoxy) is 2. The lowest BCUT2D eigenvalue weighted by atomic mass is 10.0. The van der Waals surface area contributed by atoms with Crippen molar-refractivity contribution in [2.45, 2.75) is 45.0 Å². The first-order valence-electron chi connectivity index (χ1n) is 16.2. The minimum absolute atomic E-state index is 0.0404. The Hall–Kier alpha value is -5.02. The highest BCUT2D eigenvalue weighted by molar-refractivity contribution is 5.97. The molecule has 2 aliphatic rings. The van der Waals surface area contributed by atoms with E-state index in [1.54, 1.807) is 19.3 Å². The summed E-state index contributed by atoms with van der Waals surface area (Å²) >= 11 is 0. The second kappa shape index (κ2) is 15.3. The Labute approximate surface area is 285 Å². The quantitative estimate of drug-likeness (QED) is 0.180. The lowest BCUT2D eigenvalue weighted by Gasteiger charge is -2.36. The van der Waals surface area contributed by atoms with Gasteiger partial charge in [-0.25, -0.2) is 13.8 Å². The Morgan fingerprint density at radius 1 is 1.02 bits per heavy atom. The van der Waals surface area contributed by atoms with E-state index in [4.69, 9.17) is 14.9 Å². The van der Waals surface area contributed by atoms with E-state index in [9.17, 15) is 22.8 Å². The number of nitrogens with one attached hydrogen (secondary N) is 1. The summed E-state index contributed by atoms with van der Waals surface area (Å²) < 4.78 is 71.5. The maximum Gasteiger partial charge on any atom is 0.387 e. The highest BCUT2D eigenvalue weighted by Crippen LogP contribution is 2.37. The maximum absolute atomic E-state index is 15.2. The third kappa shape index (κ3) is 8.40. The van der Waals surface area contributed by atoms with E-state index in [0.717, 1.165) is 30.5 Å². The summed E-state index contributed by atoms with van der Waals surface area (Å²) in [6.07, 6.45) is 5.35. The van der Waals surface area contributed by atoms with Crippen LogP contribution in [0.4, 0.5) is 17.6 Å². The Morgan fingerprint density at radius 2 is 1.76 bits per heavy atom. The lowest BCUT2D eigenvalue weighted by Crippen LogP contribution is -2.52. The molecule has 1 aliphatic heterocycles. The summed E-state index contributed by atoms with van der Waals surface area (Å²) in [5.41, 5.74) is 6.98. The summed E-state index contributed by atoms with van der Waals surface area (Å²) in [6.45, 7) is 1.08. The number of halogens is 4. The van der Waals surface area contributed by atoms with Gasteiger partial charge in [0.1, 0.15) is 17.7 Å². The lowest BCUT2D eigenvalue weighted by molar-refractivity contribution is -0.135. The van der Waals surface area contributed by atoms with Crippen molar-refractivity contribution in [2.24, 2.45) is 11.7 Å². The molecule has 2 atom stereocenters. The smallest absolute Gasteiger partial charge is 0.387 e. The van der Waals surface area contributed by atoms with Gasteiger partial charge in [-0.2, -0.15) is 8.78 Å². The van der Waals surface area contributed by atoms with Crippen LogP contribution in [-0.4, -0.2) is 71.0 Å². The van der Waals surface area contributed by atoms with Crippen molar-refractivity contribution < 1.29 is 41.0 Å². The van der Waals surface area contributed by atoms with Gasteiger partial charge in [0.15, 0.2) is 23.0 Å². The zero-order valence-corrected chi connectivity index (χ0v) is 27.2. The molecule has 50 heavy (non-hydrogen) atoms. The second-order valence-electron chi connectivity index (χ2n) is 12.3. The van der Waals surface area contributed by atoms with Crippen LogP contribution in [-0.2, 0) is 11.3 Å². The van der Waals surface area contributed by atoms with Gasteiger partial charge in [-0.05, 0) is 67.6 Å². The number of amides is 2. The minimum atomic E-state index is -3.08. The van der Waals surface area contributed by atoms with Gasteiger partial charge < -0.3 is 29.8 Å². The van der Waals surface area contributed by atoms with Crippen molar-refractivity contribution in [3.8, 4) is 23.0 Å². The number of hydrogen-bond donors (Lipinski definition) is 2. The number of pyridine rings is 1. The molecule has 2 fully saturated rings. The third-order valence-corrected chi connectivity index (χ3v) is 8.50. The number of carbonyl (C=O) groups excluding carboxylic acids is 2. The van der Waals surface area contributed by atoms with Gasteiger partial charge in [-0.1, -0.05) is 6.07 Å². The van der Waals surface area contributed by atoms with E-state index >= 15 is 4.39 Å². The minimum Gasteiger partial charge on any atom is -0.489 e. The Bertz CT molecular complexity index is 1810. The SMILES string of the molecule is C[C@H](N)c1oc(-c2ccc(OC(F)F)c(OCC3CC3)c2)nc1C(=O)NC(C(=O)N1CCN(Cc2ccncc2)CC1)c1ccc(F)cc1F. The summed E-state index contributed by atoms with van der Waals surface area (Å²) in [7, 11) is 0. The molecular weight excluding hydrogens is 660 g/mol. The number of rotatable bonds is 13. The van der Waals surface area contributed by atoms with Crippen LogP contribution < -0.4 is 20.5 Å². The molecule has 1 unspecified atom stereocenters. The molecular formula is C35H36F4N6O5. The molecule has 3 heterocycles. The van der Waals surface area contributed by atoms with Gasteiger partial charge >= 0.3 is 6.61 Å². The molecule has 2 aromatic heterocycles. The molecule has 2 aromatic carbocycles. The van der Waals surface area contributed by atoms with E-state index in [-0.39, 0.29) is 40.0 Å². The maximum atomic E-state index is 15.2. The van der Waals surface area contributed by atoms with Crippen LogP contribution in [0.25, 0.3) is 11.5 Å². The predicted octanol–water partition coefficient (Wildman–Crippen LogP) is 5.24. The average molecular weight is 697 g/mol. The largest absolute Gasteiger partial charge is 0.489 e. The summed E-state index contributed by atoms with van der Waals surface area (Å²) in [5.74, 6) is -3.29. The fourth-order valence-electron chi connectivity index (χ4n) is 5.63. The van der Waals surface area contributed by atoms with E-state index in [1.807, 2.05) is 12.1 Å². The van der Waals surface area contributed by atoms with E-state index < -0.39 is 42.1 Å². The van der Waals surface area contributed by atoms with Crippen LogP contribution in [0.1, 0.15) is 59.2 Å². The molecule has 264 valence electrons. The van der Waals surface area contributed by atoms with Crippen LogP contribution in [0, 0.1) is 17.6 Å². The van der Waals surface area contributed by atoms with E-state index in [0.29, 0.717) is 51.3 Å². The zero-order chi connectivity index (χ0) is 35.4. The molecule has 2 amide bonds. The molecule has 0 bridgehead atoms. The summed E-state index contributed by atoms with van der Waals surface area (Å²) in [4.78, 5) is 39.9. The number of aromatic nitrogens is 2. The molecule has 15 heteroatoms. The highest BCUT2D eigenvalue weighted by atomic mass is 19.3. The van der Waals surface area contributed by atoms with Crippen molar-refractivity contribution in [3.63, 3.8) is 0 Å². The summed E-state index contributed by atoms with van der Waals surface area (Å²) in [5, 5.41) is 2.58. The van der Waals surface area contributed by atoms with Crippen molar-refractivity contribution >= 4 is 11.8 Å². The van der Waals surface area contributed by atoms with Crippen LogP contribution in [0.3, 0.4) is 0 Å². The third-order valence-electron chi connectivity index (χ3n) is 8.50. The van der Waals surface area contributed by atoms with Crippen LogP contribution in [0.2, 0.25) is 0 Å². The normalized spacial score (nSPS) is 16.3. The monoisotopic (exact) mass is 696 g/mol. The number of piperazine rings is 1. The Balaban J connectivity index is 1.24. The molecule has 11 nitrogen and oxygen atoms in total. The molecule has 0 radical (unpaired) electrons. The van der Waals surface area contributed by atoms with Crippen LogP contribution in [0.15, 0.2) is 65.3 Å². The van der Waals surface area contributed by atoms with Crippen molar-refractivity contribution in [1.29, 1.82) is 0 Å². The Morgan fingerprint density at radius 3 is 2.42 bits per heavy atom. The van der Waals surface area contributed by atoms with Gasteiger partial charge in [-0.15, -0.1) is 0 Å². The van der Waals surface area contributed by atoms with E-state index in [2.05, 4.69) is 24.9 Å². The van der Waals surface area contributed by atoms with Gasteiger partial charge in [0.05, 0.1) is 12.6 Å². The van der Waals surface area contributed by atoms with Crippen molar-refractivity contribution in [1.82, 2.24) is 25.1 Å². The van der Waals surface area contributed by atoms with Crippen molar-refractivity contribution in [2.75, 3.05) is 32.8 Å². The zero-order valence-electron chi connectivity index (χ0n) is 27.2. The predicted molar refractivity (Wildman–Crippen MR) is 172 cm³/mol. The first-order chi connectivity index (χ1) is 24.0. The Kier molecular flexibility index (Phi) is 10.6. The highest BCUT2D eigenvalue weighted by Gasteiger charge is 2.34. The number of alkyl halides is 2. The second-order valence-corrected chi connectivity index (χ2v) is 12.3. The molecule has 1 saturated carbocycles. The number of oxazole rings is 1. The number of carbonyl (C=O) groups is 2. The van der Waals surface area contributed by atoms with Gasteiger partial charge in [0.25, 0.3) is 5.91 Å². The fraction of sp³-hybridized carbons (Fsp3) is 0.371. The molecule has 4 aromatic rings. The van der Waals surface area contributed by atoms with Crippen LogP contribution >= 0.6 is 0 Å². The number of hydrogen-bond acceptors (Lipinski definition) is 9. The molecule has 3 N–H and O–H groups in total.